The molecular weight excluding hydrogens is 232 g/mol. The molecule has 1 aromatic heterocycles. The van der Waals surface area contributed by atoms with Gasteiger partial charge in [0.05, 0.1) is 25.0 Å². The van der Waals surface area contributed by atoms with Gasteiger partial charge in [0.25, 0.3) is 9.05 Å². The maximum Gasteiger partial charge on any atom is 0.294 e. The molecule has 0 N–H and O–H groups in total. The fourth-order valence-corrected chi connectivity index (χ4v) is 2.21. The zero-order chi connectivity index (χ0) is 10.2. The second-order valence-electron chi connectivity index (χ2n) is 2.67. The van der Waals surface area contributed by atoms with Crippen LogP contribution in [0.3, 0.4) is 0 Å². The molecule has 2 heterocycles. The maximum atomic E-state index is 11.0. The van der Waals surface area contributed by atoms with E-state index in [0.29, 0.717) is 18.8 Å². The van der Waals surface area contributed by atoms with Crippen LogP contribution in [0.2, 0.25) is 0 Å². The fourth-order valence-electron chi connectivity index (χ4n) is 1.22. The highest BCUT2D eigenvalue weighted by atomic mass is 35.7. The minimum absolute atomic E-state index is 0.303. The van der Waals surface area contributed by atoms with Crippen LogP contribution in [-0.2, 0) is 18.5 Å². The predicted octanol–water partition coefficient (Wildman–Crippen LogP) is 1.25. The average Bonchev–Trinajstić information content (AvgIpc) is 2.73. The van der Waals surface area contributed by atoms with E-state index in [9.17, 15) is 8.42 Å². The Balaban J connectivity index is 2.39. The second-order valence-corrected chi connectivity index (χ2v) is 5.14. The number of furan rings is 1. The Hall–Kier alpha value is -0.560. The Kier molecular flexibility index (Phi) is 2.52. The number of halogens is 1. The van der Waals surface area contributed by atoms with Crippen molar-refractivity contribution in [1.82, 2.24) is 0 Å². The first kappa shape index (κ1) is 9.97. The van der Waals surface area contributed by atoms with E-state index in [2.05, 4.69) is 0 Å². The molecule has 0 aliphatic carbocycles. The Morgan fingerprint density at radius 2 is 2.00 bits per heavy atom. The van der Waals surface area contributed by atoms with Gasteiger partial charge in [-0.2, -0.15) is 0 Å². The van der Waals surface area contributed by atoms with Gasteiger partial charge in [-0.1, -0.05) is 0 Å². The lowest BCUT2D eigenvalue weighted by atomic mass is 10.3. The standard InChI is InChI=1S/C7H7ClO5S/c8-14(9,10)7-5(1-2-13-7)6-11-3-4-12-6/h1-2,6H,3-4H2. The molecular formula is C7H7ClO5S. The van der Waals surface area contributed by atoms with E-state index in [0.717, 1.165) is 0 Å². The first-order valence-corrected chi connectivity index (χ1v) is 6.15. The van der Waals surface area contributed by atoms with Gasteiger partial charge in [0.1, 0.15) is 0 Å². The molecule has 2 rings (SSSR count). The summed E-state index contributed by atoms with van der Waals surface area (Å²) in [7, 11) is 1.27. The van der Waals surface area contributed by atoms with Gasteiger partial charge in [-0.15, -0.1) is 0 Å². The molecule has 14 heavy (non-hydrogen) atoms. The number of hydrogen-bond acceptors (Lipinski definition) is 5. The van der Waals surface area contributed by atoms with Crippen molar-refractivity contribution in [2.45, 2.75) is 11.4 Å². The lowest BCUT2D eigenvalue weighted by Crippen LogP contribution is -2.01. The maximum absolute atomic E-state index is 11.0. The topological polar surface area (TPSA) is 65.7 Å². The summed E-state index contributed by atoms with van der Waals surface area (Å²) in [5.41, 5.74) is 0.303. The molecule has 78 valence electrons. The van der Waals surface area contributed by atoms with Crippen LogP contribution in [0.5, 0.6) is 0 Å². The molecule has 0 spiro atoms. The molecule has 1 saturated heterocycles. The summed E-state index contributed by atoms with van der Waals surface area (Å²) in [6.07, 6.45) is 0.535. The van der Waals surface area contributed by atoms with E-state index >= 15 is 0 Å². The highest BCUT2D eigenvalue weighted by Gasteiger charge is 2.29. The molecule has 7 heteroatoms. The van der Waals surface area contributed by atoms with Crippen molar-refractivity contribution in [1.29, 1.82) is 0 Å². The van der Waals surface area contributed by atoms with Gasteiger partial charge in [0.2, 0.25) is 5.09 Å². The van der Waals surface area contributed by atoms with Crippen molar-refractivity contribution in [2.75, 3.05) is 13.2 Å². The molecule has 0 aromatic carbocycles. The minimum Gasteiger partial charge on any atom is -0.451 e. The van der Waals surface area contributed by atoms with Gasteiger partial charge in [-0.25, -0.2) is 8.42 Å². The van der Waals surface area contributed by atoms with Gasteiger partial charge in [-0.05, 0) is 6.07 Å². The smallest absolute Gasteiger partial charge is 0.294 e. The van der Waals surface area contributed by atoms with Crippen molar-refractivity contribution in [2.24, 2.45) is 0 Å². The molecule has 1 aliphatic heterocycles. The molecule has 0 atom stereocenters. The predicted molar refractivity (Wildman–Crippen MR) is 46.4 cm³/mol. The van der Waals surface area contributed by atoms with E-state index in [4.69, 9.17) is 24.6 Å². The van der Waals surface area contributed by atoms with Crippen LogP contribution in [-0.4, -0.2) is 21.6 Å². The second kappa shape index (κ2) is 3.54. The summed E-state index contributed by atoms with van der Waals surface area (Å²) in [6.45, 7) is 0.856. The molecule has 5 nitrogen and oxygen atoms in total. The fraction of sp³-hybridized carbons (Fsp3) is 0.429. The third-order valence-corrected chi connectivity index (χ3v) is 2.95. The lowest BCUT2D eigenvalue weighted by Gasteiger charge is -2.06. The van der Waals surface area contributed by atoms with E-state index in [1.54, 1.807) is 0 Å². The third-order valence-electron chi connectivity index (χ3n) is 1.76. The largest absolute Gasteiger partial charge is 0.451 e. The van der Waals surface area contributed by atoms with Gasteiger partial charge in [0.15, 0.2) is 6.29 Å². The molecule has 0 saturated carbocycles. The molecule has 0 amide bonds. The van der Waals surface area contributed by atoms with E-state index in [1.807, 2.05) is 0 Å². The zero-order valence-corrected chi connectivity index (χ0v) is 8.55. The summed E-state index contributed by atoms with van der Waals surface area (Å²) in [5, 5.41) is -0.314. The summed E-state index contributed by atoms with van der Waals surface area (Å²) >= 11 is 0. The van der Waals surface area contributed by atoms with Crippen LogP contribution in [0.15, 0.2) is 21.8 Å². The van der Waals surface area contributed by atoms with Crippen LogP contribution in [0.1, 0.15) is 11.9 Å². The molecule has 1 fully saturated rings. The Morgan fingerprint density at radius 1 is 1.36 bits per heavy atom. The molecule has 0 unspecified atom stereocenters. The minimum atomic E-state index is -3.88. The first-order chi connectivity index (χ1) is 6.59. The average molecular weight is 239 g/mol. The van der Waals surface area contributed by atoms with Gasteiger partial charge in [0, 0.05) is 10.7 Å². The van der Waals surface area contributed by atoms with E-state index in [1.165, 1.54) is 12.3 Å². The van der Waals surface area contributed by atoms with Gasteiger partial charge < -0.3 is 13.9 Å². The molecule has 1 aliphatic rings. The highest BCUT2D eigenvalue weighted by molar-refractivity contribution is 8.13. The first-order valence-electron chi connectivity index (χ1n) is 3.84. The SMILES string of the molecule is O=S(=O)(Cl)c1occc1C1OCCO1. The highest BCUT2D eigenvalue weighted by Crippen LogP contribution is 2.31. The van der Waals surface area contributed by atoms with E-state index < -0.39 is 15.3 Å². The number of rotatable bonds is 2. The van der Waals surface area contributed by atoms with Crippen molar-refractivity contribution in [3.8, 4) is 0 Å². The van der Waals surface area contributed by atoms with Crippen molar-refractivity contribution in [3.63, 3.8) is 0 Å². The summed E-state index contributed by atoms with van der Waals surface area (Å²) in [6, 6.07) is 1.46. The molecule has 0 radical (unpaired) electrons. The third kappa shape index (κ3) is 1.78. The van der Waals surface area contributed by atoms with Crippen molar-refractivity contribution in [3.05, 3.63) is 17.9 Å². The number of ether oxygens (including phenoxy) is 2. The van der Waals surface area contributed by atoms with Gasteiger partial charge >= 0.3 is 0 Å². The summed E-state index contributed by atoms with van der Waals surface area (Å²) in [5.74, 6) is 0. The Morgan fingerprint density at radius 3 is 2.57 bits per heavy atom. The molecule has 1 aromatic rings. The molecule has 0 bridgehead atoms. The lowest BCUT2D eigenvalue weighted by molar-refractivity contribution is -0.0472. The number of hydrogen-bond donors (Lipinski definition) is 0. The normalized spacial score (nSPS) is 18.9. The van der Waals surface area contributed by atoms with Crippen molar-refractivity contribution >= 4 is 19.7 Å². The van der Waals surface area contributed by atoms with E-state index in [-0.39, 0.29) is 5.09 Å². The van der Waals surface area contributed by atoms with Crippen LogP contribution >= 0.6 is 10.7 Å². The van der Waals surface area contributed by atoms with Crippen LogP contribution < -0.4 is 0 Å². The summed E-state index contributed by atoms with van der Waals surface area (Å²) < 4.78 is 37.1. The Bertz CT molecular complexity index is 417. The Labute approximate surface area is 85.0 Å². The van der Waals surface area contributed by atoms with Crippen molar-refractivity contribution < 1.29 is 22.3 Å². The van der Waals surface area contributed by atoms with Crippen LogP contribution in [0.4, 0.5) is 0 Å². The van der Waals surface area contributed by atoms with Crippen LogP contribution in [0.25, 0.3) is 0 Å². The van der Waals surface area contributed by atoms with Crippen LogP contribution in [0, 0.1) is 0 Å². The van der Waals surface area contributed by atoms with Gasteiger partial charge in [-0.3, -0.25) is 0 Å². The summed E-state index contributed by atoms with van der Waals surface area (Å²) in [4.78, 5) is 0. The quantitative estimate of drug-likeness (QED) is 0.726. The zero-order valence-electron chi connectivity index (χ0n) is 6.97. The monoisotopic (exact) mass is 238 g/mol.